The van der Waals surface area contributed by atoms with Crippen molar-refractivity contribution < 1.29 is 9.18 Å². The lowest BCUT2D eigenvalue weighted by molar-refractivity contribution is 0.0973. The van der Waals surface area contributed by atoms with Crippen LogP contribution in [0.2, 0.25) is 0 Å². The molecule has 4 rings (SSSR count). The van der Waals surface area contributed by atoms with Gasteiger partial charge in [0.1, 0.15) is 11.7 Å². The van der Waals surface area contributed by atoms with Gasteiger partial charge in [0, 0.05) is 12.8 Å². The maximum absolute atomic E-state index is 13.9. The average Bonchev–Trinajstić information content (AvgIpc) is 3.11. The third kappa shape index (κ3) is 4.32. The fraction of sp³-hybridized carbons (Fsp3) is 0.120. The molecule has 4 heteroatoms. The lowest BCUT2D eigenvalue weighted by atomic mass is 9.98. The second-order valence-electron chi connectivity index (χ2n) is 7.12. The zero-order chi connectivity index (χ0) is 20.2. The van der Waals surface area contributed by atoms with E-state index in [1.165, 1.54) is 17.7 Å². The van der Waals surface area contributed by atoms with Crippen molar-refractivity contribution in [2.24, 2.45) is 4.99 Å². The molecular weight excluding hydrogens is 363 g/mol. The Labute approximate surface area is 169 Å². The number of amides is 1. The predicted octanol–water partition coefficient (Wildman–Crippen LogP) is 5.32. The summed E-state index contributed by atoms with van der Waals surface area (Å²) in [5, 5.41) is 2.79. The maximum atomic E-state index is 13.9. The molecule has 0 atom stereocenters. The molecule has 1 amide bonds. The van der Waals surface area contributed by atoms with Crippen LogP contribution in [0.1, 0.15) is 33.5 Å². The topological polar surface area (TPSA) is 41.5 Å². The highest BCUT2D eigenvalue weighted by molar-refractivity contribution is 6.11. The number of rotatable bonds is 4. The molecule has 3 aromatic rings. The number of aryl methyl sites for hydroxylation is 1. The molecular formula is C25H21FN2O. The number of nitrogens with zero attached hydrogens (tertiary/aromatic N) is 1. The van der Waals surface area contributed by atoms with E-state index in [0.29, 0.717) is 18.7 Å². The van der Waals surface area contributed by atoms with E-state index in [-0.39, 0.29) is 5.56 Å². The summed E-state index contributed by atoms with van der Waals surface area (Å²) in [4.78, 5) is 17.2. The van der Waals surface area contributed by atoms with Crippen LogP contribution in [0.4, 0.5) is 4.39 Å². The number of halogens is 1. The number of amidine groups is 1. The molecule has 1 aliphatic rings. The third-order valence-electron chi connectivity index (χ3n) is 4.95. The largest absolute Gasteiger partial charge is 0.310 e. The van der Waals surface area contributed by atoms with Gasteiger partial charge in [0.2, 0.25) is 0 Å². The van der Waals surface area contributed by atoms with Gasteiger partial charge < -0.3 is 5.32 Å². The summed E-state index contributed by atoms with van der Waals surface area (Å²) in [6.07, 6.45) is 1.18. The van der Waals surface area contributed by atoms with E-state index in [9.17, 15) is 9.18 Å². The highest BCUT2D eigenvalue weighted by atomic mass is 19.1. The summed E-state index contributed by atoms with van der Waals surface area (Å²) in [5.41, 5.74) is 5.44. The summed E-state index contributed by atoms with van der Waals surface area (Å²) < 4.78 is 13.9. The smallest absolute Gasteiger partial charge is 0.259 e. The van der Waals surface area contributed by atoms with Gasteiger partial charge in [-0.3, -0.25) is 4.79 Å². The summed E-state index contributed by atoms with van der Waals surface area (Å²) >= 11 is 0. The van der Waals surface area contributed by atoms with Crippen LogP contribution in [0.15, 0.2) is 89.6 Å². The first-order valence-electron chi connectivity index (χ1n) is 9.56. The summed E-state index contributed by atoms with van der Waals surface area (Å²) in [7, 11) is 0. The molecule has 0 radical (unpaired) electrons. The number of hydrogen-bond acceptors (Lipinski definition) is 2. The van der Waals surface area contributed by atoms with Crippen molar-refractivity contribution >= 4 is 17.3 Å². The molecule has 0 aliphatic carbocycles. The molecule has 3 nitrogen and oxygen atoms in total. The first-order chi connectivity index (χ1) is 14.1. The normalized spacial score (nSPS) is 13.4. The number of nitrogens with one attached hydrogen (secondary N) is 1. The Bertz CT molecular complexity index is 1100. The second-order valence-corrected chi connectivity index (χ2v) is 7.12. The van der Waals surface area contributed by atoms with Crippen molar-refractivity contribution in [1.82, 2.24) is 5.32 Å². The Morgan fingerprint density at radius 3 is 2.38 bits per heavy atom. The van der Waals surface area contributed by atoms with E-state index in [0.717, 1.165) is 22.4 Å². The zero-order valence-electron chi connectivity index (χ0n) is 16.2. The van der Waals surface area contributed by atoms with Crippen LogP contribution < -0.4 is 5.32 Å². The van der Waals surface area contributed by atoms with Gasteiger partial charge in [-0.25, -0.2) is 9.38 Å². The van der Waals surface area contributed by atoms with Gasteiger partial charge in [0.25, 0.3) is 5.91 Å². The molecule has 144 valence electrons. The van der Waals surface area contributed by atoms with Gasteiger partial charge in [-0.2, -0.15) is 0 Å². The van der Waals surface area contributed by atoms with Gasteiger partial charge in [0.15, 0.2) is 0 Å². The SMILES string of the molecule is Cc1ccc(C2=C(Cc3ccccc3)N=C(NC(=O)c3ccccc3F)C2)cc1. The van der Waals surface area contributed by atoms with Crippen molar-refractivity contribution in [3.8, 4) is 0 Å². The molecule has 1 aliphatic heterocycles. The van der Waals surface area contributed by atoms with Crippen molar-refractivity contribution in [2.75, 3.05) is 0 Å². The lowest BCUT2D eigenvalue weighted by Crippen LogP contribution is -2.30. The Hall–Kier alpha value is -3.53. The van der Waals surface area contributed by atoms with E-state index < -0.39 is 11.7 Å². The quantitative estimate of drug-likeness (QED) is 0.650. The summed E-state index contributed by atoms with van der Waals surface area (Å²) in [5.74, 6) is -0.481. The van der Waals surface area contributed by atoms with Crippen LogP contribution in [-0.4, -0.2) is 11.7 Å². The van der Waals surface area contributed by atoms with E-state index in [2.05, 4.69) is 41.7 Å². The van der Waals surface area contributed by atoms with Gasteiger partial charge in [-0.05, 0) is 35.8 Å². The summed E-state index contributed by atoms with van der Waals surface area (Å²) in [6.45, 7) is 2.05. The van der Waals surface area contributed by atoms with Crippen LogP contribution in [0.5, 0.6) is 0 Å². The van der Waals surface area contributed by atoms with Crippen LogP contribution in [-0.2, 0) is 6.42 Å². The fourth-order valence-corrected chi connectivity index (χ4v) is 3.41. The minimum absolute atomic E-state index is 0.0172. The van der Waals surface area contributed by atoms with E-state index in [1.807, 2.05) is 25.1 Å². The van der Waals surface area contributed by atoms with E-state index >= 15 is 0 Å². The number of aliphatic imine (C=N–C) groups is 1. The minimum Gasteiger partial charge on any atom is -0.310 e. The molecule has 1 N–H and O–H groups in total. The number of carbonyl (C=O) groups is 1. The molecule has 1 heterocycles. The first kappa shape index (κ1) is 18.8. The minimum atomic E-state index is -0.542. The zero-order valence-corrected chi connectivity index (χ0v) is 16.2. The fourth-order valence-electron chi connectivity index (χ4n) is 3.41. The van der Waals surface area contributed by atoms with Crippen LogP contribution in [0.3, 0.4) is 0 Å². The van der Waals surface area contributed by atoms with Crippen molar-refractivity contribution in [1.29, 1.82) is 0 Å². The van der Waals surface area contributed by atoms with Gasteiger partial charge >= 0.3 is 0 Å². The number of hydrogen-bond donors (Lipinski definition) is 1. The Kier molecular flexibility index (Phi) is 5.34. The molecule has 0 aromatic heterocycles. The molecule has 3 aromatic carbocycles. The number of allylic oxidation sites excluding steroid dienone is 1. The van der Waals surface area contributed by atoms with Crippen LogP contribution >= 0.6 is 0 Å². The number of carbonyl (C=O) groups excluding carboxylic acids is 1. The standard InChI is InChI=1S/C25H21FN2O/c1-17-11-13-19(14-12-17)21-16-24(27-23(21)15-18-7-3-2-4-8-18)28-25(29)20-9-5-6-10-22(20)26/h2-14H,15-16H2,1H3,(H,27,28,29). The second kappa shape index (κ2) is 8.23. The summed E-state index contributed by atoms with van der Waals surface area (Å²) in [6, 6.07) is 24.4. The van der Waals surface area contributed by atoms with Gasteiger partial charge in [-0.1, -0.05) is 72.3 Å². The average molecular weight is 384 g/mol. The highest BCUT2D eigenvalue weighted by Gasteiger charge is 2.22. The Morgan fingerprint density at radius 2 is 1.66 bits per heavy atom. The van der Waals surface area contributed by atoms with Gasteiger partial charge in [0.05, 0.1) is 11.3 Å². The van der Waals surface area contributed by atoms with Crippen molar-refractivity contribution in [3.05, 3.63) is 113 Å². The predicted molar refractivity (Wildman–Crippen MR) is 114 cm³/mol. The monoisotopic (exact) mass is 384 g/mol. The van der Waals surface area contributed by atoms with Gasteiger partial charge in [-0.15, -0.1) is 0 Å². The third-order valence-corrected chi connectivity index (χ3v) is 4.95. The van der Waals surface area contributed by atoms with E-state index in [4.69, 9.17) is 4.99 Å². The molecule has 0 spiro atoms. The first-order valence-corrected chi connectivity index (χ1v) is 9.56. The van der Waals surface area contributed by atoms with Crippen LogP contribution in [0.25, 0.3) is 5.57 Å². The molecule has 0 saturated carbocycles. The van der Waals surface area contributed by atoms with Crippen molar-refractivity contribution in [2.45, 2.75) is 19.8 Å². The van der Waals surface area contributed by atoms with Crippen molar-refractivity contribution in [3.63, 3.8) is 0 Å². The van der Waals surface area contributed by atoms with Crippen LogP contribution in [0, 0.1) is 12.7 Å². The molecule has 0 fully saturated rings. The lowest BCUT2D eigenvalue weighted by Gasteiger charge is -2.08. The highest BCUT2D eigenvalue weighted by Crippen LogP contribution is 2.31. The molecule has 0 bridgehead atoms. The van der Waals surface area contributed by atoms with E-state index in [1.54, 1.807) is 12.1 Å². The number of benzene rings is 3. The molecule has 0 unspecified atom stereocenters. The maximum Gasteiger partial charge on any atom is 0.259 e. The Balaban J connectivity index is 1.61. The Morgan fingerprint density at radius 1 is 0.966 bits per heavy atom. The molecule has 0 saturated heterocycles. The molecule has 29 heavy (non-hydrogen) atoms.